The molecule has 0 radical (unpaired) electrons. The standard InChI is InChI=1S/C14H17N3O4/c1-2-11(19-5-1)14-16-15-13(21-14)8-17-4-7-20-12-9-18-6-3-10(12)17/h1-2,5,10,12H,3-4,6-9H2/t10-,12+/m0/s1. The summed E-state index contributed by atoms with van der Waals surface area (Å²) in [5.74, 6) is 1.62. The maximum atomic E-state index is 5.77. The first kappa shape index (κ1) is 13.0. The number of fused-ring (bicyclic) bond motifs is 1. The fourth-order valence-corrected chi connectivity index (χ4v) is 2.95. The number of hydrogen-bond donors (Lipinski definition) is 0. The van der Waals surface area contributed by atoms with E-state index in [2.05, 4.69) is 15.1 Å². The Balaban J connectivity index is 1.47. The molecule has 0 N–H and O–H groups in total. The maximum Gasteiger partial charge on any atom is 0.283 e. The van der Waals surface area contributed by atoms with E-state index >= 15 is 0 Å². The van der Waals surface area contributed by atoms with Gasteiger partial charge in [0.15, 0.2) is 5.76 Å². The zero-order valence-corrected chi connectivity index (χ0v) is 11.6. The van der Waals surface area contributed by atoms with Crippen LogP contribution in [0.4, 0.5) is 0 Å². The molecule has 0 unspecified atom stereocenters. The highest BCUT2D eigenvalue weighted by molar-refractivity contribution is 5.42. The molecule has 2 fully saturated rings. The third-order valence-electron chi connectivity index (χ3n) is 3.99. The van der Waals surface area contributed by atoms with Gasteiger partial charge in [0.05, 0.1) is 32.1 Å². The molecule has 2 saturated heterocycles. The zero-order chi connectivity index (χ0) is 14.1. The normalized spacial score (nSPS) is 26.7. The minimum atomic E-state index is 0.153. The molecule has 2 aromatic heterocycles. The van der Waals surface area contributed by atoms with E-state index in [1.165, 1.54) is 0 Å². The lowest BCUT2D eigenvalue weighted by atomic mass is 10.0. The Morgan fingerprint density at radius 3 is 3.19 bits per heavy atom. The second kappa shape index (κ2) is 5.59. The Morgan fingerprint density at radius 1 is 1.29 bits per heavy atom. The van der Waals surface area contributed by atoms with Gasteiger partial charge in [-0.15, -0.1) is 10.2 Å². The molecule has 2 aromatic rings. The first-order chi connectivity index (χ1) is 10.4. The third kappa shape index (κ3) is 2.59. The Hall–Kier alpha value is -1.70. The van der Waals surface area contributed by atoms with Crippen LogP contribution in [0.25, 0.3) is 11.7 Å². The third-order valence-corrected chi connectivity index (χ3v) is 3.99. The fraction of sp³-hybridized carbons (Fsp3) is 0.571. The molecule has 0 aliphatic carbocycles. The molecule has 2 aliphatic rings. The number of furan rings is 1. The predicted octanol–water partition coefficient (Wildman–Crippen LogP) is 1.32. The molecule has 7 nitrogen and oxygen atoms in total. The second-order valence-electron chi connectivity index (χ2n) is 5.29. The van der Waals surface area contributed by atoms with Crippen molar-refractivity contribution in [3.8, 4) is 11.7 Å². The quantitative estimate of drug-likeness (QED) is 0.844. The highest BCUT2D eigenvalue weighted by atomic mass is 16.5. The lowest BCUT2D eigenvalue weighted by Gasteiger charge is -2.42. The summed E-state index contributed by atoms with van der Waals surface area (Å²) in [6.45, 7) is 3.67. The summed E-state index contributed by atoms with van der Waals surface area (Å²) in [5, 5.41) is 8.15. The van der Waals surface area contributed by atoms with Crippen molar-refractivity contribution in [2.45, 2.75) is 25.1 Å². The van der Waals surface area contributed by atoms with Gasteiger partial charge in [-0.1, -0.05) is 0 Å². The van der Waals surface area contributed by atoms with E-state index in [0.717, 1.165) is 19.6 Å². The molecule has 0 saturated carbocycles. The van der Waals surface area contributed by atoms with Crippen LogP contribution >= 0.6 is 0 Å². The molecule has 2 aliphatic heterocycles. The molecule has 0 amide bonds. The summed E-state index contributed by atoms with van der Waals surface area (Å²) in [7, 11) is 0. The Morgan fingerprint density at radius 2 is 2.29 bits per heavy atom. The van der Waals surface area contributed by atoms with Crippen molar-refractivity contribution in [2.24, 2.45) is 0 Å². The van der Waals surface area contributed by atoms with Crippen molar-refractivity contribution in [1.29, 1.82) is 0 Å². The highest BCUT2D eigenvalue weighted by Gasteiger charge is 2.35. The summed E-state index contributed by atoms with van der Waals surface area (Å²) in [6.07, 6.45) is 2.72. The molecule has 0 aromatic carbocycles. The van der Waals surface area contributed by atoms with E-state index in [1.54, 1.807) is 18.4 Å². The van der Waals surface area contributed by atoms with Crippen molar-refractivity contribution < 1.29 is 18.3 Å². The summed E-state index contributed by atoms with van der Waals surface area (Å²) >= 11 is 0. The Labute approximate surface area is 121 Å². The van der Waals surface area contributed by atoms with Crippen molar-refractivity contribution >= 4 is 0 Å². The van der Waals surface area contributed by atoms with Crippen LogP contribution < -0.4 is 0 Å². The average molecular weight is 291 g/mol. The summed E-state index contributed by atoms with van der Waals surface area (Å²) in [6, 6.07) is 3.97. The molecule has 21 heavy (non-hydrogen) atoms. The van der Waals surface area contributed by atoms with Crippen LogP contribution in [0.5, 0.6) is 0 Å². The zero-order valence-electron chi connectivity index (χ0n) is 11.6. The van der Waals surface area contributed by atoms with E-state index in [0.29, 0.717) is 43.3 Å². The largest absolute Gasteiger partial charge is 0.459 e. The summed E-state index contributed by atoms with van der Waals surface area (Å²) < 4.78 is 22.2. The fourth-order valence-electron chi connectivity index (χ4n) is 2.95. The molecule has 112 valence electrons. The Kier molecular flexibility index (Phi) is 3.46. The van der Waals surface area contributed by atoms with Crippen molar-refractivity contribution in [3.05, 3.63) is 24.3 Å². The van der Waals surface area contributed by atoms with Crippen LogP contribution in [-0.2, 0) is 16.0 Å². The van der Waals surface area contributed by atoms with Gasteiger partial charge in [0.2, 0.25) is 5.89 Å². The van der Waals surface area contributed by atoms with E-state index in [-0.39, 0.29) is 6.10 Å². The second-order valence-corrected chi connectivity index (χ2v) is 5.29. The molecule has 0 spiro atoms. The molecular weight excluding hydrogens is 274 g/mol. The van der Waals surface area contributed by atoms with E-state index in [9.17, 15) is 0 Å². The van der Waals surface area contributed by atoms with Crippen LogP contribution in [0.3, 0.4) is 0 Å². The van der Waals surface area contributed by atoms with Gasteiger partial charge in [0.25, 0.3) is 5.89 Å². The van der Waals surface area contributed by atoms with E-state index in [1.807, 2.05) is 0 Å². The first-order valence-electron chi connectivity index (χ1n) is 7.20. The lowest BCUT2D eigenvalue weighted by molar-refractivity contribution is -0.138. The van der Waals surface area contributed by atoms with Gasteiger partial charge in [0.1, 0.15) is 0 Å². The van der Waals surface area contributed by atoms with Crippen LogP contribution in [-0.4, -0.2) is 53.6 Å². The van der Waals surface area contributed by atoms with Gasteiger partial charge in [-0.2, -0.15) is 0 Å². The van der Waals surface area contributed by atoms with Gasteiger partial charge in [-0.25, -0.2) is 0 Å². The molecule has 0 bridgehead atoms. The van der Waals surface area contributed by atoms with Crippen LogP contribution in [0.1, 0.15) is 12.3 Å². The number of hydrogen-bond acceptors (Lipinski definition) is 7. The molecule has 2 atom stereocenters. The van der Waals surface area contributed by atoms with Crippen LogP contribution in [0, 0.1) is 0 Å². The molecular formula is C14H17N3O4. The molecule has 7 heteroatoms. The number of aromatic nitrogens is 2. The van der Waals surface area contributed by atoms with E-state index in [4.69, 9.17) is 18.3 Å². The minimum Gasteiger partial charge on any atom is -0.459 e. The minimum absolute atomic E-state index is 0.153. The van der Waals surface area contributed by atoms with Gasteiger partial charge in [-0.05, 0) is 18.6 Å². The average Bonchev–Trinajstić information content (AvgIpc) is 3.18. The first-order valence-corrected chi connectivity index (χ1v) is 7.20. The number of rotatable bonds is 3. The van der Waals surface area contributed by atoms with Crippen molar-refractivity contribution in [2.75, 3.05) is 26.4 Å². The molecule has 4 heterocycles. The Bertz CT molecular complexity index is 581. The smallest absolute Gasteiger partial charge is 0.283 e. The van der Waals surface area contributed by atoms with Gasteiger partial charge in [-0.3, -0.25) is 4.90 Å². The SMILES string of the molecule is c1coc(-c2nnc(CN3CCO[C@@H]4COCC[C@@H]43)o2)c1. The van der Waals surface area contributed by atoms with Crippen LogP contribution in [0.15, 0.2) is 27.2 Å². The van der Waals surface area contributed by atoms with E-state index < -0.39 is 0 Å². The topological polar surface area (TPSA) is 73.8 Å². The van der Waals surface area contributed by atoms with Gasteiger partial charge >= 0.3 is 0 Å². The van der Waals surface area contributed by atoms with Crippen molar-refractivity contribution in [1.82, 2.24) is 15.1 Å². The maximum absolute atomic E-state index is 5.77. The monoisotopic (exact) mass is 291 g/mol. The number of nitrogens with zero attached hydrogens (tertiary/aromatic N) is 3. The van der Waals surface area contributed by atoms with Crippen LogP contribution in [0.2, 0.25) is 0 Å². The number of morpholine rings is 1. The van der Waals surface area contributed by atoms with Gasteiger partial charge < -0.3 is 18.3 Å². The molecule has 4 rings (SSSR count). The highest BCUT2D eigenvalue weighted by Crippen LogP contribution is 2.24. The lowest BCUT2D eigenvalue weighted by Crippen LogP contribution is -2.55. The summed E-state index contributed by atoms with van der Waals surface area (Å²) in [4.78, 5) is 2.34. The van der Waals surface area contributed by atoms with Crippen molar-refractivity contribution in [3.63, 3.8) is 0 Å². The predicted molar refractivity (Wildman–Crippen MR) is 71.4 cm³/mol. The number of ether oxygens (including phenoxy) is 2. The van der Waals surface area contributed by atoms with Gasteiger partial charge in [0, 0.05) is 19.2 Å². The summed E-state index contributed by atoms with van der Waals surface area (Å²) in [5.41, 5.74) is 0.